The molecule has 186 valence electrons. The number of halogens is 3. The van der Waals surface area contributed by atoms with Gasteiger partial charge in [0.05, 0.1) is 12.1 Å². The first-order chi connectivity index (χ1) is 16.8. The number of amides is 1. The Kier molecular flexibility index (Phi) is 7.91. The van der Waals surface area contributed by atoms with Gasteiger partial charge in [-0.2, -0.15) is 13.2 Å². The van der Waals surface area contributed by atoms with E-state index >= 15 is 0 Å². The third kappa shape index (κ3) is 6.51. The molecule has 0 unspecified atom stereocenters. The van der Waals surface area contributed by atoms with Gasteiger partial charge in [-0.05, 0) is 81.3 Å². The van der Waals surface area contributed by atoms with Crippen LogP contribution < -0.4 is 15.5 Å². The predicted molar refractivity (Wildman–Crippen MR) is 129 cm³/mol. The van der Waals surface area contributed by atoms with Crippen molar-refractivity contribution in [3.63, 3.8) is 0 Å². The molecule has 35 heavy (non-hydrogen) atoms. The number of rotatable bonds is 6. The SMILES string of the molecule is [C-]#[N+]c1ccc(N2CCC(C(=O)Nc3ccc(CCC4CCNCC4)cn3)CC2)cc1C(F)(F)F. The summed E-state index contributed by atoms with van der Waals surface area (Å²) in [5.41, 5.74) is 0.262. The van der Waals surface area contributed by atoms with Crippen LogP contribution in [0.1, 0.15) is 43.2 Å². The molecule has 1 aromatic carbocycles. The van der Waals surface area contributed by atoms with E-state index in [1.807, 2.05) is 23.2 Å². The monoisotopic (exact) mass is 485 g/mol. The van der Waals surface area contributed by atoms with Gasteiger partial charge in [-0.25, -0.2) is 9.83 Å². The number of nitrogens with one attached hydrogen (secondary N) is 2. The number of piperidine rings is 2. The Balaban J connectivity index is 1.27. The molecule has 2 aliphatic heterocycles. The van der Waals surface area contributed by atoms with Gasteiger partial charge in [0, 0.05) is 30.9 Å². The lowest BCUT2D eigenvalue weighted by Crippen LogP contribution is -2.38. The molecule has 1 aromatic heterocycles. The van der Waals surface area contributed by atoms with E-state index in [4.69, 9.17) is 6.57 Å². The van der Waals surface area contributed by atoms with Gasteiger partial charge in [0.1, 0.15) is 5.82 Å². The Morgan fingerprint density at radius 3 is 2.51 bits per heavy atom. The van der Waals surface area contributed by atoms with Crippen molar-refractivity contribution < 1.29 is 18.0 Å². The van der Waals surface area contributed by atoms with E-state index in [9.17, 15) is 18.0 Å². The minimum atomic E-state index is -4.58. The fourth-order valence-electron chi connectivity index (χ4n) is 4.86. The maximum atomic E-state index is 13.3. The number of nitrogens with zero attached hydrogens (tertiary/aromatic N) is 3. The summed E-state index contributed by atoms with van der Waals surface area (Å²) in [6, 6.07) is 7.63. The summed E-state index contributed by atoms with van der Waals surface area (Å²) < 4.78 is 39.9. The Hall–Kier alpha value is -3.12. The van der Waals surface area contributed by atoms with Crippen LogP contribution in [0.5, 0.6) is 0 Å². The maximum Gasteiger partial charge on any atom is 0.407 e. The van der Waals surface area contributed by atoms with Crippen LogP contribution in [0.4, 0.5) is 30.4 Å². The highest BCUT2D eigenvalue weighted by atomic mass is 19.4. The number of aryl methyl sites for hydroxylation is 1. The fraction of sp³-hybridized carbons (Fsp3) is 0.500. The van der Waals surface area contributed by atoms with Gasteiger partial charge in [0.15, 0.2) is 5.69 Å². The third-order valence-corrected chi connectivity index (χ3v) is 7.01. The van der Waals surface area contributed by atoms with Gasteiger partial charge < -0.3 is 15.5 Å². The number of alkyl halides is 3. The molecule has 2 N–H and O–H groups in total. The first-order valence-corrected chi connectivity index (χ1v) is 12.1. The predicted octanol–water partition coefficient (Wildman–Crippen LogP) is 5.44. The molecule has 0 aliphatic carbocycles. The Morgan fingerprint density at radius 1 is 1.14 bits per heavy atom. The quantitative estimate of drug-likeness (QED) is 0.535. The Labute approximate surface area is 203 Å². The molecule has 0 radical (unpaired) electrons. The minimum absolute atomic E-state index is 0.112. The minimum Gasteiger partial charge on any atom is -0.372 e. The number of benzene rings is 1. The Morgan fingerprint density at radius 2 is 1.89 bits per heavy atom. The van der Waals surface area contributed by atoms with Crippen molar-refractivity contribution in [3.8, 4) is 0 Å². The van der Waals surface area contributed by atoms with Crippen LogP contribution in [-0.2, 0) is 17.4 Å². The number of carbonyl (C=O) groups excluding carboxylic acids is 1. The molecular formula is C26H30F3N5O. The molecule has 2 fully saturated rings. The zero-order chi connectivity index (χ0) is 24.8. The summed E-state index contributed by atoms with van der Waals surface area (Å²) >= 11 is 0. The van der Waals surface area contributed by atoms with Crippen molar-refractivity contribution in [1.29, 1.82) is 0 Å². The lowest BCUT2D eigenvalue weighted by atomic mass is 9.92. The van der Waals surface area contributed by atoms with Crippen molar-refractivity contribution in [3.05, 3.63) is 59.1 Å². The van der Waals surface area contributed by atoms with Gasteiger partial charge in [-0.1, -0.05) is 12.1 Å². The van der Waals surface area contributed by atoms with Crippen LogP contribution in [0.25, 0.3) is 4.85 Å². The number of anilines is 2. The van der Waals surface area contributed by atoms with Crippen LogP contribution >= 0.6 is 0 Å². The Bertz CT molecular complexity index is 1050. The summed E-state index contributed by atoms with van der Waals surface area (Å²) in [6.45, 7) is 10.1. The summed E-state index contributed by atoms with van der Waals surface area (Å²) in [5.74, 6) is 0.941. The van der Waals surface area contributed by atoms with Crippen molar-refractivity contribution in [1.82, 2.24) is 10.3 Å². The second-order valence-electron chi connectivity index (χ2n) is 9.35. The van der Waals surface area contributed by atoms with E-state index in [1.54, 1.807) is 6.07 Å². The largest absolute Gasteiger partial charge is 0.407 e. The van der Waals surface area contributed by atoms with Crippen LogP contribution in [0.2, 0.25) is 0 Å². The molecule has 1 amide bonds. The standard InChI is InChI=1S/C26H30F3N5O/c1-30-23-6-5-21(16-22(23)26(27,28)29)34-14-10-20(11-15-34)25(35)33-24-7-4-19(17-32-24)3-2-18-8-12-31-13-9-18/h4-7,16-18,20,31H,2-3,8-15H2,(H,32,33,35). The summed E-state index contributed by atoms with van der Waals surface area (Å²) in [4.78, 5) is 22.0. The topological polar surface area (TPSA) is 61.6 Å². The van der Waals surface area contributed by atoms with E-state index < -0.39 is 17.4 Å². The number of carbonyl (C=O) groups is 1. The fourth-order valence-corrected chi connectivity index (χ4v) is 4.86. The summed E-state index contributed by atoms with van der Waals surface area (Å²) in [7, 11) is 0. The highest BCUT2D eigenvalue weighted by molar-refractivity contribution is 5.91. The normalized spacial score (nSPS) is 17.7. The molecule has 3 heterocycles. The lowest BCUT2D eigenvalue weighted by molar-refractivity contribution is -0.136. The second kappa shape index (κ2) is 11.1. The smallest absolute Gasteiger partial charge is 0.372 e. The van der Waals surface area contributed by atoms with E-state index in [-0.39, 0.29) is 11.8 Å². The van der Waals surface area contributed by atoms with Crippen molar-refractivity contribution in [2.24, 2.45) is 11.8 Å². The average molecular weight is 486 g/mol. The molecule has 0 bridgehead atoms. The zero-order valence-electron chi connectivity index (χ0n) is 19.6. The van der Waals surface area contributed by atoms with E-state index in [0.29, 0.717) is 37.4 Å². The molecule has 0 saturated carbocycles. The second-order valence-corrected chi connectivity index (χ2v) is 9.35. The van der Waals surface area contributed by atoms with E-state index in [0.717, 1.165) is 43.5 Å². The lowest BCUT2D eigenvalue weighted by Gasteiger charge is -2.33. The van der Waals surface area contributed by atoms with Gasteiger partial charge in [-0.3, -0.25) is 4.79 Å². The maximum absolute atomic E-state index is 13.3. The van der Waals surface area contributed by atoms with E-state index in [2.05, 4.69) is 20.5 Å². The number of aromatic nitrogens is 1. The van der Waals surface area contributed by atoms with Crippen LogP contribution in [0.3, 0.4) is 0 Å². The molecule has 6 nitrogen and oxygen atoms in total. The van der Waals surface area contributed by atoms with Crippen molar-refractivity contribution in [2.45, 2.75) is 44.7 Å². The van der Waals surface area contributed by atoms with Gasteiger partial charge in [0.25, 0.3) is 0 Å². The molecule has 2 aromatic rings. The highest BCUT2D eigenvalue weighted by Gasteiger charge is 2.34. The van der Waals surface area contributed by atoms with Crippen LogP contribution in [-0.4, -0.2) is 37.1 Å². The molecule has 9 heteroatoms. The first kappa shape index (κ1) is 25.0. The third-order valence-electron chi connectivity index (χ3n) is 7.01. The van der Waals surface area contributed by atoms with Gasteiger partial charge in [-0.15, -0.1) is 0 Å². The molecule has 4 rings (SSSR count). The zero-order valence-corrected chi connectivity index (χ0v) is 19.6. The van der Waals surface area contributed by atoms with Crippen molar-refractivity contribution in [2.75, 3.05) is 36.4 Å². The first-order valence-electron chi connectivity index (χ1n) is 12.1. The molecule has 0 spiro atoms. The highest BCUT2D eigenvalue weighted by Crippen LogP contribution is 2.39. The molecular weight excluding hydrogens is 455 g/mol. The molecule has 0 atom stereocenters. The summed E-state index contributed by atoms with van der Waals surface area (Å²) in [5, 5.41) is 6.27. The van der Waals surface area contributed by atoms with Gasteiger partial charge >= 0.3 is 6.18 Å². The van der Waals surface area contributed by atoms with Gasteiger partial charge in [0.2, 0.25) is 5.91 Å². The number of hydrogen-bond donors (Lipinski definition) is 2. The number of hydrogen-bond acceptors (Lipinski definition) is 4. The average Bonchev–Trinajstić information content (AvgIpc) is 2.88. The van der Waals surface area contributed by atoms with Crippen LogP contribution in [0, 0.1) is 18.4 Å². The van der Waals surface area contributed by atoms with Crippen molar-refractivity contribution >= 4 is 23.1 Å². The summed E-state index contributed by atoms with van der Waals surface area (Å²) in [6.07, 6.45) is 2.88. The number of pyridine rings is 1. The van der Waals surface area contributed by atoms with Crippen LogP contribution in [0.15, 0.2) is 36.5 Å². The van der Waals surface area contributed by atoms with E-state index in [1.165, 1.54) is 18.9 Å². The molecule has 2 saturated heterocycles. The molecule has 2 aliphatic rings.